The Morgan fingerprint density at radius 1 is 1.17 bits per heavy atom. The molecule has 104 valence electrons. The van der Waals surface area contributed by atoms with Crippen LogP contribution in [0.4, 0.5) is 0 Å². The van der Waals surface area contributed by atoms with Gasteiger partial charge in [0.2, 0.25) is 0 Å². The number of nitrogens with two attached hydrogens (primary N) is 4. The van der Waals surface area contributed by atoms with Gasteiger partial charge >= 0.3 is 11.9 Å². The lowest BCUT2D eigenvalue weighted by atomic mass is 10.4. The van der Waals surface area contributed by atoms with Gasteiger partial charge in [0, 0.05) is 6.54 Å². The monoisotopic (exact) mass is 262 g/mol. The van der Waals surface area contributed by atoms with Gasteiger partial charge in [0.05, 0.1) is 19.4 Å². The maximum absolute atomic E-state index is 9.83. The summed E-state index contributed by atoms with van der Waals surface area (Å²) < 4.78 is 0. The summed E-state index contributed by atoms with van der Waals surface area (Å²) in [6, 6.07) is 0. The molecule has 0 saturated carbocycles. The molecule has 0 unspecified atom stereocenters. The molecule has 0 rings (SSSR count). The fourth-order valence-corrected chi connectivity index (χ4v) is 0.404. The van der Waals surface area contributed by atoms with E-state index in [1.165, 1.54) is 0 Å². The molecule has 0 aliphatic carbocycles. The Balaban J connectivity index is -0.000000216. The topological polar surface area (TPSA) is 195 Å². The average molecular weight is 262 g/mol. The van der Waals surface area contributed by atoms with Gasteiger partial charge in [-0.15, -0.1) is 5.84 Å². The van der Waals surface area contributed by atoms with Crippen LogP contribution in [-0.2, 0) is 9.59 Å². The number of guanidine groups is 1. The van der Waals surface area contributed by atoms with Crippen LogP contribution in [0.15, 0.2) is 4.99 Å². The number of nitrogens with zero attached hydrogens (tertiary/aromatic N) is 2. The first kappa shape index (κ1) is 20.8. The quantitative estimate of drug-likeness (QED) is 0.107. The lowest BCUT2D eigenvalue weighted by molar-refractivity contribution is -0.137. The number of carboxylic acids is 2. The van der Waals surface area contributed by atoms with Crippen LogP contribution in [0.25, 0.3) is 4.95 Å². The molecule has 10 nitrogen and oxygen atoms in total. The maximum Gasteiger partial charge on any atom is 0.305 e. The second-order valence-corrected chi connectivity index (χ2v) is 2.51. The highest BCUT2D eigenvalue weighted by Crippen LogP contribution is 1.78. The van der Waals surface area contributed by atoms with Gasteiger partial charge < -0.3 is 27.4 Å². The van der Waals surface area contributed by atoms with Crippen molar-refractivity contribution in [2.24, 2.45) is 28.0 Å². The minimum Gasteiger partial charge on any atom is -0.481 e. The Morgan fingerprint density at radius 2 is 1.56 bits per heavy atom. The number of carboxylic acid groups (broad SMARTS) is 2. The van der Waals surface area contributed by atoms with Crippen molar-refractivity contribution in [1.82, 2.24) is 0 Å². The van der Waals surface area contributed by atoms with Gasteiger partial charge in [-0.05, 0) is 0 Å². The van der Waals surface area contributed by atoms with Crippen LogP contribution < -0.4 is 23.0 Å². The summed E-state index contributed by atoms with van der Waals surface area (Å²) in [6.45, 7) is 5.99. The summed E-state index contributed by atoms with van der Waals surface area (Å²) in [7, 11) is 0. The van der Waals surface area contributed by atoms with Gasteiger partial charge in [-0.2, -0.15) is 11.5 Å². The molecule has 0 atom stereocenters. The minimum atomic E-state index is -0.903. The number of aliphatic carboxylic acids is 2. The number of hydrogen-bond acceptors (Lipinski definition) is 5. The molecular formula is C8H18N6O4. The van der Waals surface area contributed by atoms with Crippen molar-refractivity contribution in [2.75, 3.05) is 13.1 Å². The smallest absolute Gasteiger partial charge is 0.305 e. The molecule has 10 heteroatoms. The van der Waals surface area contributed by atoms with Crippen LogP contribution >= 0.6 is 0 Å². The molecule has 0 heterocycles. The van der Waals surface area contributed by atoms with E-state index in [-0.39, 0.29) is 31.9 Å². The fourth-order valence-electron chi connectivity index (χ4n) is 0.404. The van der Waals surface area contributed by atoms with Crippen LogP contribution in [0.2, 0.25) is 0 Å². The number of carbonyl (C=O) groups is 2. The van der Waals surface area contributed by atoms with Crippen molar-refractivity contribution in [3.63, 3.8) is 0 Å². The van der Waals surface area contributed by atoms with Crippen molar-refractivity contribution < 1.29 is 19.8 Å². The summed E-state index contributed by atoms with van der Waals surface area (Å²) in [5, 5.41) is 15.9. The van der Waals surface area contributed by atoms with Crippen molar-refractivity contribution in [1.29, 1.82) is 0 Å². The van der Waals surface area contributed by atoms with Crippen molar-refractivity contribution in [2.45, 2.75) is 12.8 Å². The standard InChI is InChI=1S/C4H9N3O2.C3H7NO2.CH2N2/c5-4(6)7-2-1-3(8)9;4-2-1-3(5)6;1-3-2/h1-2H2,(H,8,9)(H4,5,6,7);1-2,4H2,(H,5,6);2H2. The van der Waals surface area contributed by atoms with Gasteiger partial charge in [-0.1, -0.05) is 0 Å². The van der Waals surface area contributed by atoms with Crippen LogP contribution in [-0.4, -0.2) is 41.2 Å². The third-order valence-electron chi connectivity index (χ3n) is 0.978. The Labute approximate surface area is 104 Å². The van der Waals surface area contributed by atoms with Crippen LogP contribution in [0.5, 0.6) is 0 Å². The normalized spacial score (nSPS) is 7.33. The van der Waals surface area contributed by atoms with E-state index in [0.717, 1.165) is 0 Å². The molecule has 0 bridgehead atoms. The van der Waals surface area contributed by atoms with E-state index < -0.39 is 11.9 Å². The first-order valence-corrected chi connectivity index (χ1v) is 4.57. The summed E-state index contributed by atoms with van der Waals surface area (Å²) in [6.07, 6.45) is 0.0396. The minimum absolute atomic E-state index is 0.0299. The largest absolute Gasteiger partial charge is 0.481 e. The highest BCUT2D eigenvalue weighted by molar-refractivity contribution is 5.76. The third-order valence-corrected chi connectivity index (χ3v) is 0.978. The summed E-state index contributed by atoms with van der Waals surface area (Å²) >= 11 is 0. The van der Waals surface area contributed by atoms with Gasteiger partial charge in [0.25, 0.3) is 0 Å². The molecule has 0 radical (unpaired) electrons. The Bertz CT molecular complexity index is 294. The highest BCUT2D eigenvalue weighted by atomic mass is 16.4. The molecule has 0 fully saturated rings. The lowest BCUT2D eigenvalue weighted by Crippen LogP contribution is -2.23. The molecule has 0 aromatic carbocycles. The second-order valence-electron chi connectivity index (χ2n) is 2.51. The van der Waals surface area contributed by atoms with Crippen LogP contribution in [0, 0.1) is 6.57 Å². The molecular weight excluding hydrogens is 244 g/mol. The summed E-state index contributed by atoms with van der Waals surface area (Å²) in [4.78, 5) is 25.1. The Hall–Kier alpha value is -2.54. The third kappa shape index (κ3) is 50.1. The predicted molar refractivity (Wildman–Crippen MR) is 65.0 cm³/mol. The molecule has 0 saturated heterocycles. The van der Waals surface area contributed by atoms with E-state index >= 15 is 0 Å². The second kappa shape index (κ2) is 16.9. The van der Waals surface area contributed by atoms with E-state index in [1.54, 1.807) is 0 Å². The molecule has 0 aromatic rings. The van der Waals surface area contributed by atoms with Crippen LogP contribution in [0.1, 0.15) is 12.8 Å². The Kier molecular flexibility index (Phi) is 19.5. The zero-order valence-electron chi connectivity index (χ0n) is 9.74. The van der Waals surface area contributed by atoms with E-state index in [9.17, 15) is 9.59 Å². The first-order chi connectivity index (χ1) is 8.31. The van der Waals surface area contributed by atoms with Crippen LogP contribution in [0.3, 0.4) is 0 Å². The van der Waals surface area contributed by atoms with Gasteiger partial charge in [-0.3, -0.25) is 14.6 Å². The summed E-state index contributed by atoms with van der Waals surface area (Å²) in [5.41, 5.74) is 14.7. The maximum atomic E-state index is 9.83. The number of rotatable bonds is 5. The van der Waals surface area contributed by atoms with Gasteiger partial charge in [0.15, 0.2) is 5.96 Å². The molecule has 0 amide bonds. The van der Waals surface area contributed by atoms with Crippen molar-refractivity contribution in [3.8, 4) is 0 Å². The molecule has 18 heavy (non-hydrogen) atoms. The SMILES string of the molecule is NC(N)=NCCC(=O)O.NCCC(=O)O.[C-]#[N+]N. The van der Waals surface area contributed by atoms with E-state index in [0.29, 0.717) is 0 Å². The van der Waals surface area contributed by atoms with Crippen molar-refractivity contribution in [3.05, 3.63) is 11.5 Å². The van der Waals surface area contributed by atoms with Gasteiger partial charge in [-0.25, -0.2) is 0 Å². The van der Waals surface area contributed by atoms with E-state index in [1.807, 2.05) is 0 Å². The highest BCUT2D eigenvalue weighted by Gasteiger charge is 1.92. The zero-order valence-corrected chi connectivity index (χ0v) is 9.74. The van der Waals surface area contributed by atoms with Crippen molar-refractivity contribution >= 4 is 17.9 Å². The Morgan fingerprint density at radius 3 is 1.72 bits per heavy atom. The van der Waals surface area contributed by atoms with E-state index in [4.69, 9.17) is 34.0 Å². The molecule has 10 N–H and O–H groups in total. The zero-order chi connectivity index (χ0) is 15.0. The summed E-state index contributed by atoms with van der Waals surface area (Å²) in [5.74, 6) is 2.33. The number of aliphatic imine (C=N–C) groups is 1. The molecule has 0 aromatic heterocycles. The van der Waals surface area contributed by atoms with Gasteiger partial charge in [0.1, 0.15) is 0 Å². The molecule has 0 aliphatic rings. The van der Waals surface area contributed by atoms with E-state index in [2.05, 4.69) is 15.8 Å². The number of hydrogen-bond donors (Lipinski definition) is 6. The predicted octanol–water partition coefficient (Wildman–Crippen LogP) is -2.07. The molecule has 0 aliphatic heterocycles. The fraction of sp³-hybridized carbons (Fsp3) is 0.500. The lowest BCUT2D eigenvalue weighted by Gasteiger charge is -1.89. The first-order valence-electron chi connectivity index (χ1n) is 4.57. The average Bonchev–Trinajstić information content (AvgIpc) is 2.17. The molecule has 0 spiro atoms.